The highest BCUT2D eigenvalue weighted by Crippen LogP contribution is 2.24. The molecule has 10 heteroatoms. The van der Waals surface area contributed by atoms with Crippen LogP contribution in [0.3, 0.4) is 0 Å². The number of anilines is 2. The van der Waals surface area contributed by atoms with Gasteiger partial charge in [-0.2, -0.15) is 15.0 Å². The highest BCUT2D eigenvalue weighted by atomic mass is 32.2. The molecule has 9 nitrogen and oxygen atoms in total. The van der Waals surface area contributed by atoms with E-state index in [4.69, 9.17) is 10.6 Å². The first-order valence-corrected chi connectivity index (χ1v) is 7.16. The van der Waals surface area contributed by atoms with Crippen LogP contribution in [0, 0.1) is 0 Å². The molecule has 110 valence electrons. The second-order valence-corrected chi connectivity index (χ2v) is 5.12. The molecule has 0 saturated carbocycles. The number of nitrogens with one attached hydrogen (secondary N) is 1. The van der Waals surface area contributed by atoms with Gasteiger partial charge < -0.3 is 9.64 Å². The van der Waals surface area contributed by atoms with Crippen LogP contribution in [-0.2, 0) is 4.74 Å². The van der Waals surface area contributed by atoms with Crippen molar-refractivity contribution in [1.29, 1.82) is 0 Å². The number of ether oxygens (including phenoxy) is 1. The Morgan fingerprint density at radius 3 is 2.76 bits per heavy atom. The summed E-state index contributed by atoms with van der Waals surface area (Å²) in [6.45, 7) is 2.79. The molecule has 0 radical (unpaired) electrons. The SMILES string of the molecule is NNc1nc(Sc2cnccn2)nc(N2CCOCC2)n1. The maximum atomic E-state index is 5.43. The molecule has 3 N–H and O–H groups in total. The number of hydrogen-bond donors (Lipinski definition) is 2. The molecule has 0 bridgehead atoms. The molecule has 0 spiro atoms. The summed E-state index contributed by atoms with van der Waals surface area (Å²) < 4.78 is 5.33. The van der Waals surface area contributed by atoms with Gasteiger partial charge in [0.05, 0.1) is 19.4 Å². The smallest absolute Gasteiger partial charge is 0.242 e. The van der Waals surface area contributed by atoms with Gasteiger partial charge in [0, 0.05) is 25.5 Å². The topological polar surface area (TPSA) is 115 Å². The third kappa shape index (κ3) is 3.54. The molecule has 1 aliphatic rings. The molecule has 0 amide bonds. The Balaban J connectivity index is 1.85. The van der Waals surface area contributed by atoms with Crippen LogP contribution in [0.25, 0.3) is 0 Å². The standard InChI is InChI=1S/C11H14N8OS/c12-18-9-15-10(19-3-5-20-6-4-19)17-11(16-9)21-8-7-13-1-2-14-8/h1-2,7H,3-6,12H2,(H,15,16,17,18). The minimum Gasteiger partial charge on any atom is -0.378 e. The van der Waals surface area contributed by atoms with Crippen LogP contribution < -0.4 is 16.2 Å². The molecule has 1 aliphatic heterocycles. The third-order valence-electron chi connectivity index (χ3n) is 2.76. The highest BCUT2D eigenvalue weighted by Gasteiger charge is 2.17. The van der Waals surface area contributed by atoms with E-state index in [1.54, 1.807) is 18.6 Å². The minimum atomic E-state index is 0.317. The van der Waals surface area contributed by atoms with E-state index < -0.39 is 0 Å². The first kappa shape index (κ1) is 13.9. The number of nitrogen functional groups attached to an aromatic ring is 1. The Bertz CT molecular complexity index is 592. The van der Waals surface area contributed by atoms with E-state index in [-0.39, 0.29) is 0 Å². The maximum absolute atomic E-state index is 5.43. The van der Waals surface area contributed by atoms with Gasteiger partial charge in [0.25, 0.3) is 0 Å². The van der Waals surface area contributed by atoms with Crippen molar-refractivity contribution in [1.82, 2.24) is 24.9 Å². The van der Waals surface area contributed by atoms with Crippen molar-refractivity contribution in [2.24, 2.45) is 5.84 Å². The molecule has 21 heavy (non-hydrogen) atoms. The lowest BCUT2D eigenvalue weighted by Gasteiger charge is -2.26. The summed E-state index contributed by atoms with van der Waals surface area (Å²) in [5.74, 6) is 6.32. The van der Waals surface area contributed by atoms with Gasteiger partial charge in [0.2, 0.25) is 17.1 Å². The van der Waals surface area contributed by atoms with Crippen LogP contribution in [0.4, 0.5) is 11.9 Å². The van der Waals surface area contributed by atoms with E-state index in [9.17, 15) is 0 Å². The number of aromatic nitrogens is 5. The lowest BCUT2D eigenvalue weighted by Crippen LogP contribution is -2.37. The average molecular weight is 306 g/mol. The first-order valence-electron chi connectivity index (χ1n) is 6.34. The number of nitrogens with zero attached hydrogens (tertiary/aromatic N) is 6. The van der Waals surface area contributed by atoms with Gasteiger partial charge in [0.1, 0.15) is 5.03 Å². The Kier molecular flexibility index (Phi) is 4.38. The summed E-state index contributed by atoms with van der Waals surface area (Å²) in [6.07, 6.45) is 4.89. The molecule has 1 fully saturated rings. The predicted octanol–water partition coefficient (Wildman–Crippen LogP) is -0.0650. The Labute approximate surface area is 125 Å². The van der Waals surface area contributed by atoms with Crippen molar-refractivity contribution in [3.8, 4) is 0 Å². The molecule has 0 atom stereocenters. The number of morpholine rings is 1. The molecule has 3 rings (SSSR count). The van der Waals surface area contributed by atoms with Crippen LogP contribution in [0.15, 0.2) is 28.8 Å². The predicted molar refractivity (Wildman–Crippen MR) is 76.8 cm³/mol. The van der Waals surface area contributed by atoms with Gasteiger partial charge in [0.15, 0.2) is 0 Å². The fourth-order valence-corrected chi connectivity index (χ4v) is 2.47. The summed E-state index contributed by atoms with van der Waals surface area (Å²) >= 11 is 1.31. The van der Waals surface area contributed by atoms with E-state index in [2.05, 4.69) is 30.3 Å². The van der Waals surface area contributed by atoms with Crippen LogP contribution >= 0.6 is 11.8 Å². The molecule has 1 saturated heterocycles. The number of nitrogens with two attached hydrogens (primary N) is 1. The van der Waals surface area contributed by atoms with Gasteiger partial charge in [-0.1, -0.05) is 0 Å². The Morgan fingerprint density at radius 2 is 2.05 bits per heavy atom. The highest BCUT2D eigenvalue weighted by molar-refractivity contribution is 7.99. The Hall–Kier alpha value is -2.04. The normalized spacial score (nSPS) is 15.0. The number of rotatable bonds is 4. The molecule has 2 aromatic heterocycles. The summed E-state index contributed by atoms with van der Waals surface area (Å²) in [5, 5.41) is 1.22. The van der Waals surface area contributed by atoms with Gasteiger partial charge in [-0.25, -0.2) is 10.8 Å². The van der Waals surface area contributed by atoms with Crippen molar-refractivity contribution < 1.29 is 4.74 Å². The third-order valence-corrected chi connectivity index (χ3v) is 3.55. The van der Waals surface area contributed by atoms with E-state index in [0.717, 1.165) is 13.1 Å². The summed E-state index contributed by atoms with van der Waals surface area (Å²) in [5.41, 5.74) is 2.46. The molecule has 3 heterocycles. The maximum Gasteiger partial charge on any atom is 0.242 e. The second kappa shape index (κ2) is 6.61. The van der Waals surface area contributed by atoms with Gasteiger partial charge >= 0.3 is 0 Å². The second-order valence-electron chi connectivity index (χ2n) is 4.13. The quantitative estimate of drug-likeness (QED) is 0.587. The van der Waals surface area contributed by atoms with Crippen molar-refractivity contribution in [2.45, 2.75) is 10.2 Å². The van der Waals surface area contributed by atoms with E-state index in [0.29, 0.717) is 35.3 Å². The largest absolute Gasteiger partial charge is 0.378 e. The zero-order valence-electron chi connectivity index (χ0n) is 11.1. The first-order chi connectivity index (χ1) is 10.3. The van der Waals surface area contributed by atoms with Crippen LogP contribution in [-0.4, -0.2) is 51.2 Å². The molecular formula is C11H14N8OS. The zero-order valence-corrected chi connectivity index (χ0v) is 12.0. The summed E-state index contributed by atoms with van der Waals surface area (Å²) in [4.78, 5) is 23.2. The van der Waals surface area contributed by atoms with Crippen molar-refractivity contribution in [3.05, 3.63) is 18.6 Å². The van der Waals surface area contributed by atoms with E-state index in [1.807, 2.05) is 4.90 Å². The van der Waals surface area contributed by atoms with Crippen LogP contribution in [0.5, 0.6) is 0 Å². The van der Waals surface area contributed by atoms with Gasteiger partial charge in [-0.3, -0.25) is 10.4 Å². The number of hydrogen-bond acceptors (Lipinski definition) is 10. The monoisotopic (exact) mass is 306 g/mol. The lowest BCUT2D eigenvalue weighted by atomic mass is 10.4. The minimum absolute atomic E-state index is 0.317. The van der Waals surface area contributed by atoms with E-state index in [1.165, 1.54) is 11.8 Å². The fraction of sp³-hybridized carbons (Fsp3) is 0.364. The number of hydrazine groups is 1. The average Bonchev–Trinajstić information content (AvgIpc) is 2.56. The molecule has 0 aromatic carbocycles. The van der Waals surface area contributed by atoms with Crippen molar-refractivity contribution in [2.75, 3.05) is 36.6 Å². The fourth-order valence-electron chi connectivity index (χ4n) is 1.79. The van der Waals surface area contributed by atoms with Crippen LogP contribution in [0.2, 0.25) is 0 Å². The zero-order chi connectivity index (χ0) is 14.5. The van der Waals surface area contributed by atoms with Gasteiger partial charge in [-0.15, -0.1) is 0 Å². The summed E-state index contributed by atoms with van der Waals surface area (Å²) in [7, 11) is 0. The van der Waals surface area contributed by atoms with E-state index >= 15 is 0 Å². The van der Waals surface area contributed by atoms with Gasteiger partial charge in [-0.05, 0) is 11.8 Å². The Morgan fingerprint density at radius 1 is 1.19 bits per heavy atom. The lowest BCUT2D eigenvalue weighted by molar-refractivity contribution is 0.122. The summed E-state index contributed by atoms with van der Waals surface area (Å²) in [6, 6.07) is 0. The van der Waals surface area contributed by atoms with Crippen molar-refractivity contribution >= 4 is 23.7 Å². The molecule has 2 aromatic rings. The molecular weight excluding hydrogens is 292 g/mol. The molecule has 0 aliphatic carbocycles. The van der Waals surface area contributed by atoms with Crippen molar-refractivity contribution in [3.63, 3.8) is 0 Å². The van der Waals surface area contributed by atoms with Crippen LogP contribution in [0.1, 0.15) is 0 Å². The molecule has 0 unspecified atom stereocenters.